The summed E-state index contributed by atoms with van der Waals surface area (Å²) in [6.45, 7) is 9.81. The number of halogens is 1. The number of nitrogens with one attached hydrogen (secondary N) is 1. The molecule has 0 aliphatic carbocycles. The van der Waals surface area contributed by atoms with Crippen molar-refractivity contribution < 1.29 is 13.2 Å². The number of rotatable bonds is 7. The maximum atomic E-state index is 12.4. The van der Waals surface area contributed by atoms with Gasteiger partial charge in [-0.3, -0.25) is 4.79 Å². The van der Waals surface area contributed by atoms with Gasteiger partial charge in [-0.1, -0.05) is 13.8 Å². The fourth-order valence-corrected chi connectivity index (χ4v) is 3.35. The summed E-state index contributed by atoms with van der Waals surface area (Å²) in [6.07, 6.45) is 0. The van der Waals surface area contributed by atoms with Crippen molar-refractivity contribution in [2.75, 3.05) is 13.6 Å². The highest BCUT2D eigenvalue weighted by atomic mass is 35.5. The summed E-state index contributed by atoms with van der Waals surface area (Å²) >= 11 is 0. The fourth-order valence-electron chi connectivity index (χ4n) is 1.98. The smallest absolute Gasteiger partial charge is 0.251 e. The zero-order chi connectivity index (χ0) is 18.7. The number of nitrogens with zero attached hydrogens (tertiary/aromatic N) is 1. The molecular weight excluding hydrogens is 362 g/mol. The second-order valence-corrected chi connectivity index (χ2v) is 8.87. The molecule has 1 amide bonds. The Bertz CT molecular complexity index is 675. The number of hydrogen-bond donors (Lipinski definition) is 2. The van der Waals surface area contributed by atoms with Gasteiger partial charge in [-0.05, 0) is 51.0 Å². The van der Waals surface area contributed by atoms with E-state index in [1.54, 1.807) is 13.8 Å². The van der Waals surface area contributed by atoms with Crippen LogP contribution in [0.15, 0.2) is 29.2 Å². The van der Waals surface area contributed by atoms with Gasteiger partial charge in [0, 0.05) is 25.2 Å². The zero-order valence-corrected chi connectivity index (χ0v) is 17.4. The van der Waals surface area contributed by atoms with Crippen molar-refractivity contribution in [2.45, 2.75) is 51.1 Å². The minimum absolute atomic E-state index is 0. The summed E-state index contributed by atoms with van der Waals surface area (Å²) in [5, 5.41) is 2.93. The van der Waals surface area contributed by atoms with Crippen molar-refractivity contribution >= 4 is 28.3 Å². The molecule has 0 bridgehead atoms. The molecule has 0 radical (unpaired) electrons. The minimum Gasteiger partial charge on any atom is -0.345 e. The van der Waals surface area contributed by atoms with E-state index in [4.69, 9.17) is 5.73 Å². The molecule has 0 aliphatic rings. The molecule has 0 saturated heterocycles. The molecule has 0 fully saturated rings. The highest BCUT2D eigenvalue weighted by molar-refractivity contribution is 7.89. The van der Waals surface area contributed by atoms with Gasteiger partial charge in [0.05, 0.1) is 10.4 Å². The van der Waals surface area contributed by atoms with Gasteiger partial charge in [0.15, 0.2) is 0 Å². The van der Waals surface area contributed by atoms with E-state index in [0.29, 0.717) is 12.1 Å². The molecule has 3 N–H and O–H groups in total. The van der Waals surface area contributed by atoms with Crippen molar-refractivity contribution in [1.29, 1.82) is 0 Å². The SMILES string of the molecule is CC(C)N(C)S(=O)(=O)c1ccc(C(=O)NC(C)(CN)C(C)C)cc1.Cl. The second-order valence-electron chi connectivity index (χ2n) is 6.87. The minimum atomic E-state index is -3.55. The van der Waals surface area contributed by atoms with Crippen LogP contribution in [0.3, 0.4) is 0 Å². The maximum Gasteiger partial charge on any atom is 0.251 e. The molecule has 6 nitrogen and oxygen atoms in total. The first-order valence-electron chi connectivity index (χ1n) is 8.06. The number of amides is 1. The molecule has 1 aromatic carbocycles. The second kappa shape index (κ2) is 8.98. The van der Waals surface area contributed by atoms with Gasteiger partial charge < -0.3 is 11.1 Å². The van der Waals surface area contributed by atoms with E-state index in [2.05, 4.69) is 5.32 Å². The van der Waals surface area contributed by atoms with E-state index >= 15 is 0 Å². The Balaban J connectivity index is 0.00000576. The first-order valence-corrected chi connectivity index (χ1v) is 9.50. The van der Waals surface area contributed by atoms with Gasteiger partial charge in [0.2, 0.25) is 10.0 Å². The fraction of sp³-hybridized carbons (Fsp3) is 0.588. The van der Waals surface area contributed by atoms with E-state index in [0.717, 1.165) is 0 Å². The van der Waals surface area contributed by atoms with Gasteiger partial charge in [-0.15, -0.1) is 12.4 Å². The van der Waals surface area contributed by atoms with Crippen molar-refractivity contribution in [3.63, 3.8) is 0 Å². The molecule has 0 aromatic heterocycles. The molecule has 1 aromatic rings. The van der Waals surface area contributed by atoms with Crippen LogP contribution in [0.4, 0.5) is 0 Å². The van der Waals surface area contributed by atoms with E-state index < -0.39 is 15.6 Å². The van der Waals surface area contributed by atoms with Crippen molar-refractivity contribution in [3.8, 4) is 0 Å². The highest BCUT2D eigenvalue weighted by Crippen LogP contribution is 2.19. The third kappa shape index (κ3) is 5.41. The molecule has 0 aliphatic heterocycles. The number of benzene rings is 1. The quantitative estimate of drug-likeness (QED) is 0.745. The van der Waals surface area contributed by atoms with Gasteiger partial charge in [0.1, 0.15) is 0 Å². The number of hydrogen-bond acceptors (Lipinski definition) is 4. The maximum absolute atomic E-state index is 12.4. The molecule has 0 spiro atoms. The largest absolute Gasteiger partial charge is 0.345 e. The summed E-state index contributed by atoms with van der Waals surface area (Å²) in [4.78, 5) is 12.6. The Morgan fingerprint density at radius 2 is 1.68 bits per heavy atom. The van der Waals surface area contributed by atoms with Gasteiger partial charge in [0.25, 0.3) is 5.91 Å². The van der Waals surface area contributed by atoms with Crippen LogP contribution < -0.4 is 11.1 Å². The Morgan fingerprint density at radius 3 is 2.04 bits per heavy atom. The Morgan fingerprint density at radius 1 is 1.20 bits per heavy atom. The van der Waals surface area contributed by atoms with Crippen LogP contribution in [0.25, 0.3) is 0 Å². The lowest BCUT2D eigenvalue weighted by Crippen LogP contribution is -2.55. The van der Waals surface area contributed by atoms with Crippen LogP contribution in [0.1, 0.15) is 45.0 Å². The molecule has 1 rings (SSSR count). The average Bonchev–Trinajstić information content (AvgIpc) is 2.53. The lowest BCUT2D eigenvalue weighted by molar-refractivity contribution is 0.0883. The first-order chi connectivity index (χ1) is 11.0. The van der Waals surface area contributed by atoms with Crippen LogP contribution in [-0.4, -0.2) is 43.8 Å². The first kappa shape index (κ1) is 23.9. The van der Waals surface area contributed by atoms with Crippen molar-refractivity contribution in [1.82, 2.24) is 9.62 Å². The third-order valence-corrected chi connectivity index (χ3v) is 6.67. The number of carbonyl (C=O) groups excluding carboxylic acids is 1. The van der Waals surface area contributed by atoms with E-state index in [-0.39, 0.29) is 35.2 Å². The van der Waals surface area contributed by atoms with Gasteiger partial charge in [-0.2, -0.15) is 4.31 Å². The Hall–Kier alpha value is -1.15. The normalized spacial score (nSPS) is 14.3. The molecule has 144 valence electrons. The lowest BCUT2D eigenvalue weighted by Gasteiger charge is -2.33. The number of nitrogens with two attached hydrogens (primary N) is 1. The summed E-state index contributed by atoms with van der Waals surface area (Å²) in [7, 11) is -2.01. The number of sulfonamides is 1. The Labute approximate surface area is 157 Å². The summed E-state index contributed by atoms with van der Waals surface area (Å²) in [5.41, 5.74) is 5.67. The molecule has 0 saturated carbocycles. The van der Waals surface area contributed by atoms with Crippen molar-refractivity contribution in [3.05, 3.63) is 29.8 Å². The summed E-state index contributed by atoms with van der Waals surface area (Å²) in [6, 6.07) is 5.81. The molecule has 8 heteroatoms. The lowest BCUT2D eigenvalue weighted by atomic mass is 9.88. The molecule has 1 atom stereocenters. The average molecular weight is 392 g/mol. The van der Waals surface area contributed by atoms with Crippen LogP contribution >= 0.6 is 12.4 Å². The molecule has 1 unspecified atom stereocenters. The molecular formula is C17H30ClN3O3S. The summed E-state index contributed by atoms with van der Waals surface area (Å²) < 4.78 is 26.2. The predicted octanol–water partition coefficient (Wildman–Crippen LogP) is 2.24. The zero-order valence-electron chi connectivity index (χ0n) is 15.7. The van der Waals surface area contributed by atoms with Crippen LogP contribution in [0, 0.1) is 5.92 Å². The van der Waals surface area contributed by atoms with Gasteiger partial charge >= 0.3 is 0 Å². The third-order valence-electron chi connectivity index (χ3n) is 4.62. The van der Waals surface area contributed by atoms with E-state index in [1.165, 1.54) is 35.6 Å². The molecule has 25 heavy (non-hydrogen) atoms. The molecule has 0 heterocycles. The predicted molar refractivity (Wildman–Crippen MR) is 104 cm³/mol. The van der Waals surface area contributed by atoms with E-state index in [9.17, 15) is 13.2 Å². The monoisotopic (exact) mass is 391 g/mol. The Kier molecular flexibility index (Phi) is 8.57. The van der Waals surface area contributed by atoms with Crippen LogP contribution in [0.5, 0.6) is 0 Å². The van der Waals surface area contributed by atoms with Crippen LogP contribution in [-0.2, 0) is 10.0 Å². The summed E-state index contributed by atoms with van der Waals surface area (Å²) in [5.74, 6) is -0.0939. The van der Waals surface area contributed by atoms with Crippen molar-refractivity contribution in [2.24, 2.45) is 11.7 Å². The highest BCUT2D eigenvalue weighted by Gasteiger charge is 2.29. The topological polar surface area (TPSA) is 92.5 Å². The number of carbonyl (C=O) groups is 1. The standard InChI is InChI=1S/C17H29N3O3S.ClH/c1-12(2)17(5,11-18)19-16(21)14-7-9-15(10-8-14)24(22,23)20(6)13(3)4;/h7-10,12-13H,11,18H2,1-6H3,(H,19,21);1H. The van der Waals surface area contributed by atoms with Gasteiger partial charge in [-0.25, -0.2) is 8.42 Å². The van der Waals surface area contributed by atoms with Crippen LogP contribution in [0.2, 0.25) is 0 Å². The van der Waals surface area contributed by atoms with E-state index in [1.807, 2.05) is 20.8 Å².